The van der Waals surface area contributed by atoms with Crippen molar-refractivity contribution >= 4 is 11.7 Å². The number of aromatic nitrogens is 4. The van der Waals surface area contributed by atoms with Gasteiger partial charge < -0.3 is 4.74 Å². The molecule has 0 amide bonds. The lowest BCUT2D eigenvalue weighted by Crippen LogP contribution is -2.13. The first-order chi connectivity index (χ1) is 8.27. The molecular formula is C11H14N4O2. The van der Waals surface area contributed by atoms with Crippen LogP contribution < -0.4 is 0 Å². The fraction of sp³-hybridized carbons (Fsp3) is 0.455. The number of aryl methyl sites for hydroxylation is 1. The summed E-state index contributed by atoms with van der Waals surface area (Å²) in [5, 5.41) is 4.08. The summed E-state index contributed by atoms with van der Waals surface area (Å²) < 4.78 is 6.59. The van der Waals surface area contributed by atoms with Crippen LogP contribution in [0.3, 0.4) is 0 Å². The van der Waals surface area contributed by atoms with Gasteiger partial charge in [-0.25, -0.2) is 14.3 Å². The van der Waals surface area contributed by atoms with E-state index in [-0.39, 0.29) is 5.97 Å². The zero-order valence-electron chi connectivity index (χ0n) is 9.88. The van der Waals surface area contributed by atoms with Crippen LogP contribution in [0.2, 0.25) is 0 Å². The van der Waals surface area contributed by atoms with Gasteiger partial charge in [0.2, 0.25) is 0 Å². The van der Waals surface area contributed by atoms with Crippen molar-refractivity contribution < 1.29 is 9.53 Å². The number of fused-ring (bicyclic) bond motifs is 1. The predicted molar refractivity (Wildman–Crippen MR) is 60.7 cm³/mol. The van der Waals surface area contributed by atoms with E-state index in [4.69, 9.17) is 4.74 Å². The van der Waals surface area contributed by atoms with E-state index >= 15 is 0 Å². The molecule has 0 aromatic carbocycles. The van der Waals surface area contributed by atoms with Crippen LogP contribution in [0.15, 0.2) is 12.5 Å². The maximum atomic E-state index is 11.8. The zero-order chi connectivity index (χ0) is 12.3. The van der Waals surface area contributed by atoms with E-state index in [1.165, 1.54) is 12.5 Å². The van der Waals surface area contributed by atoms with Crippen molar-refractivity contribution in [1.29, 1.82) is 0 Å². The first-order valence-corrected chi connectivity index (χ1v) is 5.62. The molecule has 2 rings (SSSR count). The van der Waals surface area contributed by atoms with Crippen molar-refractivity contribution in [3.05, 3.63) is 23.8 Å². The average Bonchev–Trinajstić information content (AvgIpc) is 2.78. The standard InChI is InChI=1S/C11H14N4O2/c1-3-5-9-8(10(16)17-4-2)6-12-11-13-7-14-15(9)11/h6-7H,3-5H2,1-2H3. The summed E-state index contributed by atoms with van der Waals surface area (Å²) in [7, 11) is 0. The summed E-state index contributed by atoms with van der Waals surface area (Å²) in [6.45, 7) is 4.16. The highest BCUT2D eigenvalue weighted by Crippen LogP contribution is 2.12. The molecular weight excluding hydrogens is 220 g/mol. The lowest BCUT2D eigenvalue weighted by molar-refractivity contribution is 0.0523. The first-order valence-electron chi connectivity index (χ1n) is 5.62. The Kier molecular flexibility index (Phi) is 3.32. The van der Waals surface area contributed by atoms with Crippen LogP contribution in [0.25, 0.3) is 5.78 Å². The molecule has 0 bridgehead atoms. The van der Waals surface area contributed by atoms with E-state index in [2.05, 4.69) is 15.1 Å². The fourth-order valence-electron chi connectivity index (χ4n) is 1.68. The predicted octanol–water partition coefficient (Wildman–Crippen LogP) is 1.25. The number of carbonyl (C=O) groups excluding carboxylic acids is 1. The van der Waals surface area contributed by atoms with E-state index in [0.29, 0.717) is 17.9 Å². The summed E-state index contributed by atoms with van der Waals surface area (Å²) in [6, 6.07) is 0. The Morgan fingerprint density at radius 2 is 2.24 bits per heavy atom. The summed E-state index contributed by atoms with van der Waals surface area (Å²) in [5.41, 5.74) is 1.26. The van der Waals surface area contributed by atoms with Gasteiger partial charge in [-0.2, -0.15) is 10.1 Å². The number of ether oxygens (including phenoxy) is 1. The van der Waals surface area contributed by atoms with E-state index in [1.807, 2.05) is 6.92 Å². The number of esters is 1. The Hall–Kier alpha value is -1.98. The van der Waals surface area contributed by atoms with Gasteiger partial charge in [0.1, 0.15) is 6.33 Å². The Morgan fingerprint density at radius 3 is 2.94 bits per heavy atom. The van der Waals surface area contributed by atoms with Crippen LogP contribution in [0.4, 0.5) is 0 Å². The third-order valence-corrected chi connectivity index (χ3v) is 2.39. The van der Waals surface area contributed by atoms with Crippen molar-refractivity contribution in [3.8, 4) is 0 Å². The quantitative estimate of drug-likeness (QED) is 0.745. The second-order valence-corrected chi connectivity index (χ2v) is 3.56. The minimum atomic E-state index is -0.360. The first kappa shape index (κ1) is 11.5. The Labute approximate surface area is 98.6 Å². The van der Waals surface area contributed by atoms with Crippen molar-refractivity contribution in [1.82, 2.24) is 19.6 Å². The molecule has 0 aliphatic heterocycles. The van der Waals surface area contributed by atoms with Crippen molar-refractivity contribution in [2.75, 3.05) is 6.61 Å². The normalized spacial score (nSPS) is 10.7. The maximum Gasteiger partial charge on any atom is 0.341 e. The molecule has 0 atom stereocenters. The minimum absolute atomic E-state index is 0.347. The van der Waals surface area contributed by atoms with Crippen LogP contribution in [0.1, 0.15) is 36.3 Å². The minimum Gasteiger partial charge on any atom is -0.462 e. The molecule has 2 heterocycles. The average molecular weight is 234 g/mol. The Bertz CT molecular complexity index is 535. The summed E-state index contributed by atoms with van der Waals surface area (Å²) in [6.07, 6.45) is 4.57. The van der Waals surface area contributed by atoms with Gasteiger partial charge in [0.15, 0.2) is 0 Å². The maximum absolute atomic E-state index is 11.8. The van der Waals surface area contributed by atoms with Gasteiger partial charge in [-0.3, -0.25) is 0 Å². The molecule has 0 radical (unpaired) electrons. The molecule has 2 aromatic rings. The molecule has 0 spiro atoms. The van der Waals surface area contributed by atoms with Crippen LogP contribution in [0.5, 0.6) is 0 Å². The molecule has 2 aromatic heterocycles. The van der Waals surface area contributed by atoms with Crippen LogP contribution in [-0.2, 0) is 11.2 Å². The van der Waals surface area contributed by atoms with Crippen LogP contribution in [0, 0.1) is 0 Å². The van der Waals surface area contributed by atoms with Gasteiger partial charge in [-0.1, -0.05) is 13.3 Å². The molecule has 17 heavy (non-hydrogen) atoms. The van der Waals surface area contributed by atoms with Gasteiger partial charge >= 0.3 is 5.97 Å². The molecule has 6 nitrogen and oxygen atoms in total. The van der Waals surface area contributed by atoms with Gasteiger partial charge in [0.25, 0.3) is 5.78 Å². The van der Waals surface area contributed by atoms with Crippen molar-refractivity contribution in [3.63, 3.8) is 0 Å². The summed E-state index contributed by atoms with van der Waals surface area (Å²) >= 11 is 0. The molecule has 0 N–H and O–H groups in total. The number of rotatable bonds is 4. The van der Waals surface area contributed by atoms with E-state index < -0.39 is 0 Å². The number of carbonyl (C=O) groups is 1. The third-order valence-electron chi connectivity index (χ3n) is 2.39. The highest BCUT2D eigenvalue weighted by molar-refractivity contribution is 5.90. The SMILES string of the molecule is CCCc1c(C(=O)OCC)cnc2ncnn12. The van der Waals surface area contributed by atoms with E-state index in [1.54, 1.807) is 11.4 Å². The zero-order valence-corrected chi connectivity index (χ0v) is 9.88. The molecule has 0 unspecified atom stereocenters. The fourth-order valence-corrected chi connectivity index (χ4v) is 1.68. The van der Waals surface area contributed by atoms with Gasteiger partial charge in [0.05, 0.1) is 17.9 Å². The summed E-state index contributed by atoms with van der Waals surface area (Å²) in [4.78, 5) is 19.9. The highest BCUT2D eigenvalue weighted by atomic mass is 16.5. The van der Waals surface area contributed by atoms with Gasteiger partial charge in [0, 0.05) is 6.20 Å². The molecule has 0 saturated heterocycles. The second kappa shape index (κ2) is 4.90. The number of hydrogen-bond acceptors (Lipinski definition) is 5. The van der Waals surface area contributed by atoms with Gasteiger partial charge in [-0.15, -0.1) is 0 Å². The molecule has 0 aliphatic carbocycles. The molecule has 0 saturated carbocycles. The number of hydrogen-bond donors (Lipinski definition) is 0. The van der Waals surface area contributed by atoms with Gasteiger partial charge in [-0.05, 0) is 13.3 Å². The monoisotopic (exact) mass is 234 g/mol. The van der Waals surface area contributed by atoms with Crippen LogP contribution >= 0.6 is 0 Å². The second-order valence-electron chi connectivity index (χ2n) is 3.56. The largest absolute Gasteiger partial charge is 0.462 e. The van der Waals surface area contributed by atoms with Crippen molar-refractivity contribution in [2.24, 2.45) is 0 Å². The van der Waals surface area contributed by atoms with E-state index in [9.17, 15) is 4.79 Å². The number of nitrogens with zero attached hydrogens (tertiary/aromatic N) is 4. The third kappa shape index (κ3) is 2.11. The Balaban J connectivity index is 2.53. The lowest BCUT2D eigenvalue weighted by Gasteiger charge is -2.08. The van der Waals surface area contributed by atoms with Crippen molar-refractivity contribution in [2.45, 2.75) is 26.7 Å². The molecule has 0 aliphatic rings. The lowest BCUT2D eigenvalue weighted by atomic mass is 10.1. The highest BCUT2D eigenvalue weighted by Gasteiger charge is 2.16. The van der Waals surface area contributed by atoms with Crippen LogP contribution in [-0.4, -0.2) is 32.2 Å². The molecule has 6 heteroatoms. The van der Waals surface area contributed by atoms with E-state index in [0.717, 1.165) is 18.5 Å². The topological polar surface area (TPSA) is 69.4 Å². The molecule has 90 valence electrons. The Morgan fingerprint density at radius 1 is 1.41 bits per heavy atom. The molecule has 0 fully saturated rings. The smallest absolute Gasteiger partial charge is 0.341 e. The summed E-state index contributed by atoms with van der Waals surface area (Å²) in [5.74, 6) is 0.141.